The molecule has 1 fully saturated rings. The molecule has 0 radical (unpaired) electrons. The lowest BCUT2D eigenvalue weighted by atomic mass is 10.1. The van der Waals surface area contributed by atoms with E-state index in [1.807, 2.05) is 24.1 Å². The van der Waals surface area contributed by atoms with Crippen LogP contribution in [0.4, 0.5) is 5.69 Å². The fourth-order valence-corrected chi connectivity index (χ4v) is 4.02. The Labute approximate surface area is 159 Å². The minimum Gasteiger partial charge on any atom is -0.368 e. The lowest BCUT2D eigenvalue weighted by Crippen LogP contribution is -2.30. The zero-order valence-electron chi connectivity index (χ0n) is 15.5. The number of fused-ring (bicyclic) bond motifs is 1. The summed E-state index contributed by atoms with van der Waals surface area (Å²) >= 11 is 0. The summed E-state index contributed by atoms with van der Waals surface area (Å²) in [5.41, 5.74) is 3.75. The van der Waals surface area contributed by atoms with Gasteiger partial charge in [0.25, 0.3) is 11.8 Å². The van der Waals surface area contributed by atoms with Gasteiger partial charge in [-0.15, -0.1) is 0 Å². The number of nitrogens with zero attached hydrogens (tertiary/aromatic N) is 1. The lowest BCUT2D eigenvalue weighted by molar-refractivity contribution is -0.124. The number of benzene rings is 2. The van der Waals surface area contributed by atoms with Crippen molar-refractivity contribution in [2.75, 3.05) is 19.0 Å². The highest BCUT2D eigenvalue weighted by Gasteiger charge is 2.29. The molecule has 0 spiro atoms. The van der Waals surface area contributed by atoms with E-state index in [9.17, 15) is 9.59 Å². The number of carbonyl (C=O) groups is 2. The van der Waals surface area contributed by atoms with Crippen LogP contribution < -0.4 is 5.32 Å². The third-order valence-electron chi connectivity index (χ3n) is 5.49. The van der Waals surface area contributed by atoms with Crippen molar-refractivity contribution < 1.29 is 14.3 Å². The number of anilines is 1. The molecule has 1 N–H and O–H groups in total. The van der Waals surface area contributed by atoms with Gasteiger partial charge in [-0.25, -0.2) is 0 Å². The molecule has 4 rings (SSSR count). The first-order valence-corrected chi connectivity index (χ1v) is 9.51. The van der Waals surface area contributed by atoms with Crippen molar-refractivity contribution in [3.8, 4) is 0 Å². The summed E-state index contributed by atoms with van der Waals surface area (Å²) in [4.78, 5) is 27.1. The van der Waals surface area contributed by atoms with Gasteiger partial charge in [-0.3, -0.25) is 9.59 Å². The summed E-state index contributed by atoms with van der Waals surface area (Å²) in [5.74, 6) is -0.180. The van der Waals surface area contributed by atoms with Gasteiger partial charge < -0.3 is 15.0 Å². The van der Waals surface area contributed by atoms with Crippen LogP contribution >= 0.6 is 0 Å². The van der Waals surface area contributed by atoms with Crippen LogP contribution in [0.3, 0.4) is 0 Å². The van der Waals surface area contributed by atoms with Crippen LogP contribution in [0.5, 0.6) is 0 Å². The van der Waals surface area contributed by atoms with Gasteiger partial charge in [-0.1, -0.05) is 30.3 Å². The normalized spacial score (nSPS) is 20.9. The highest BCUT2D eigenvalue weighted by Crippen LogP contribution is 2.35. The summed E-state index contributed by atoms with van der Waals surface area (Å²) in [7, 11) is 1.85. The van der Waals surface area contributed by atoms with Crippen molar-refractivity contribution in [3.63, 3.8) is 0 Å². The zero-order chi connectivity index (χ0) is 18.8. The largest absolute Gasteiger partial charge is 0.368 e. The fraction of sp³-hybridized carbons (Fsp3) is 0.364. The van der Waals surface area contributed by atoms with Crippen molar-refractivity contribution in [3.05, 3.63) is 65.2 Å². The maximum absolute atomic E-state index is 13.0. The van der Waals surface area contributed by atoms with Crippen molar-refractivity contribution in [1.82, 2.24) is 4.90 Å². The van der Waals surface area contributed by atoms with E-state index < -0.39 is 0 Å². The van der Waals surface area contributed by atoms with E-state index in [2.05, 4.69) is 17.4 Å². The van der Waals surface area contributed by atoms with Gasteiger partial charge in [0.1, 0.15) is 6.10 Å². The van der Waals surface area contributed by atoms with Crippen molar-refractivity contribution in [2.45, 2.75) is 37.8 Å². The molecule has 140 valence electrons. The maximum atomic E-state index is 13.0. The Balaban J connectivity index is 1.48. The van der Waals surface area contributed by atoms with E-state index >= 15 is 0 Å². The Morgan fingerprint density at radius 2 is 1.96 bits per heavy atom. The fourth-order valence-electron chi connectivity index (χ4n) is 4.02. The van der Waals surface area contributed by atoms with E-state index in [1.165, 1.54) is 11.1 Å². The Morgan fingerprint density at radius 1 is 1.11 bits per heavy atom. The maximum Gasteiger partial charge on any atom is 0.254 e. The third-order valence-corrected chi connectivity index (χ3v) is 5.49. The number of ether oxygens (including phenoxy) is 1. The van der Waals surface area contributed by atoms with Crippen LogP contribution in [0, 0.1) is 0 Å². The van der Waals surface area contributed by atoms with Crippen molar-refractivity contribution in [1.29, 1.82) is 0 Å². The second kappa shape index (κ2) is 7.53. The Bertz CT molecular complexity index is 858. The molecule has 2 aliphatic rings. The molecule has 1 heterocycles. The summed E-state index contributed by atoms with van der Waals surface area (Å²) in [6.45, 7) is 0.629. The second-order valence-electron chi connectivity index (χ2n) is 7.24. The third kappa shape index (κ3) is 3.60. The first-order valence-electron chi connectivity index (χ1n) is 9.51. The van der Waals surface area contributed by atoms with Crippen LogP contribution in [0.2, 0.25) is 0 Å². The summed E-state index contributed by atoms with van der Waals surface area (Å²) in [5, 5.41) is 2.87. The molecule has 27 heavy (non-hydrogen) atoms. The van der Waals surface area contributed by atoms with Gasteiger partial charge in [0.05, 0.1) is 6.04 Å². The highest BCUT2D eigenvalue weighted by molar-refractivity contribution is 5.98. The summed E-state index contributed by atoms with van der Waals surface area (Å²) in [6.07, 6.45) is 3.20. The number of hydrogen-bond acceptors (Lipinski definition) is 3. The van der Waals surface area contributed by atoms with Crippen LogP contribution in [0.1, 0.15) is 46.8 Å². The van der Waals surface area contributed by atoms with E-state index in [4.69, 9.17) is 4.74 Å². The molecular weight excluding hydrogens is 340 g/mol. The molecule has 1 aliphatic carbocycles. The van der Waals surface area contributed by atoms with Crippen molar-refractivity contribution in [2.24, 2.45) is 0 Å². The van der Waals surface area contributed by atoms with Crippen LogP contribution in [0.25, 0.3) is 0 Å². The van der Waals surface area contributed by atoms with Crippen LogP contribution in [0.15, 0.2) is 48.5 Å². The van der Waals surface area contributed by atoms with E-state index in [-0.39, 0.29) is 24.0 Å². The predicted octanol–water partition coefficient (Wildman–Crippen LogP) is 3.56. The van der Waals surface area contributed by atoms with Gasteiger partial charge in [0.2, 0.25) is 0 Å². The predicted molar refractivity (Wildman–Crippen MR) is 104 cm³/mol. The smallest absolute Gasteiger partial charge is 0.254 e. The molecular formula is C22H24N2O3. The first-order chi connectivity index (χ1) is 13.1. The molecule has 5 heteroatoms. The summed E-state index contributed by atoms with van der Waals surface area (Å²) in [6, 6.07) is 15.5. The molecule has 5 nitrogen and oxygen atoms in total. The number of hydrogen-bond donors (Lipinski definition) is 1. The summed E-state index contributed by atoms with van der Waals surface area (Å²) < 4.78 is 5.42. The minimum atomic E-state index is -0.387. The quantitative estimate of drug-likeness (QED) is 0.902. The average molecular weight is 364 g/mol. The zero-order valence-corrected chi connectivity index (χ0v) is 15.5. The SMILES string of the molecule is CN(C(=O)c1cccc(NC(=O)[C@H]2CCCO2)c1)[C@@H]1CCc2ccccc21. The molecule has 2 aromatic carbocycles. The van der Waals surface area contributed by atoms with E-state index in [1.54, 1.807) is 24.3 Å². The van der Waals surface area contributed by atoms with Crippen LogP contribution in [-0.4, -0.2) is 36.5 Å². The molecule has 2 atom stereocenters. The van der Waals surface area contributed by atoms with Gasteiger partial charge in [0.15, 0.2) is 0 Å². The van der Waals surface area contributed by atoms with E-state index in [0.717, 1.165) is 25.7 Å². The number of amides is 2. The highest BCUT2D eigenvalue weighted by atomic mass is 16.5. The molecule has 2 amide bonds. The number of nitrogens with one attached hydrogen (secondary N) is 1. The Hall–Kier alpha value is -2.66. The molecule has 0 saturated carbocycles. The Kier molecular flexibility index (Phi) is 4.94. The second-order valence-corrected chi connectivity index (χ2v) is 7.24. The van der Waals surface area contributed by atoms with Crippen LogP contribution in [-0.2, 0) is 16.0 Å². The minimum absolute atomic E-state index is 0.0371. The van der Waals surface area contributed by atoms with Gasteiger partial charge in [0, 0.05) is 24.9 Å². The topological polar surface area (TPSA) is 58.6 Å². The number of aryl methyl sites for hydroxylation is 1. The van der Waals surface area contributed by atoms with Gasteiger partial charge in [-0.2, -0.15) is 0 Å². The Morgan fingerprint density at radius 3 is 2.78 bits per heavy atom. The average Bonchev–Trinajstić information content (AvgIpc) is 3.37. The van der Waals surface area contributed by atoms with E-state index in [0.29, 0.717) is 17.9 Å². The molecule has 0 aromatic heterocycles. The monoisotopic (exact) mass is 364 g/mol. The van der Waals surface area contributed by atoms with Crippen molar-refractivity contribution >= 4 is 17.5 Å². The number of rotatable bonds is 4. The molecule has 0 bridgehead atoms. The molecule has 0 unspecified atom stereocenters. The molecule has 1 aliphatic heterocycles. The number of carbonyl (C=O) groups excluding carboxylic acids is 2. The first kappa shape index (κ1) is 17.7. The lowest BCUT2D eigenvalue weighted by Gasteiger charge is -2.26. The molecule has 1 saturated heterocycles. The standard InChI is InChI=1S/C22H24N2O3/c1-24(19-12-11-15-6-2-3-9-18(15)19)22(26)16-7-4-8-17(14-16)23-21(25)20-10-5-13-27-20/h2-4,6-9,14,19-20H,5,10-13H2,1H3,(H,23,25)/t19-,20-/m1/s1. The van der Waals surface area contributed by atoms with Gasteiger partial charge in [-0.05, 0) is 55.0 Å². The van der Waals surface area contributed by atoms with Gasteiger partial charge >= 0.3 is 0 Å². The molecule has 2 aromatic rings.